The molecule has 0 saturated carbocycles. The molecule has 3 N–H and O–H groups in total. The second-order valence-corrected chi connectivity index (χ2v) is 5.43. The number of carboxylic acids is 1. The van der Waals surface area contributed by atoms with E-state index in [1.165, 1.54) is 13.0 Å². The minimum atomic E-state index is -0.946. The maximum atomic E-state index is 11.5. The monoisotopic (exact) mass is 343 g/mol. The number of carbonyl (C=O) groups excluding carboxylic acids is 2. The van der Waals surface area contributed by atoms with Crippen LogP contribution in [0.4, 0.5) is 4.79 Å². The molecular formula is C14H21N3O7. The van der Waals surface area contributed by atoms with Gasteiger partial charge in [-0.05, 0) is 25.3 Å². The van der Waals surface area contributed by atoms with Gasteiger partial charge in [0, 0.05) is 37.4 Å². The minimum Gasteiger partial charge on any atom is -0.481 e. The summed E-state index contributed by atoms with van der Waals surface area (Å²) in [6.07, 6.45) is 2.84. The molecule has 0 aliphatic carbocycles. The predicted octanol–water partition coefficient (Wildman–Crippen LogP) is 0.653. The molecule has 10 nitrogen and oxygen atoms in total. The number of carbonyl (C=O) groups is 3. The number of amides is 3. The van der Waals surface area contributed by atoms with E-state index in [9.17, 15) is 24.5 Å². The first-order chi connectivity index (χ1) is 11.3. The van der Waals surface area contributed by atoms with Gasteiger partial charge in [0.25, 0.3) is 5.91 Å². The number of nitrogens with one attached hydrogen (secondary N) is 2. The first-order valence-electron chi connectivity index (χ1n) is 7.58. The average molecular weight is 343 g/mol. The SMILES string of the molecule is CC(C(/C=C1/NC(=O)NC1=O)CCOCCCCC(=O)O)[N+](=O)[O-]. The summed E-state index contributed by atoms with van der Waals surface area (Å²) in [5.41, 5.74) is 0.000146. The van der Waals surface area contributed by atoms with Gasteiger partial charge in [0.1, 0.15) is 5.70 Å². The van der Waals surface area contributed by atoms with Gasteiger partial charge >= 0.3 is 12.0 Å². The normalized spacial score (nSPS) is 18.1. The molecule has 10 heteroatoms. The molecule has 1 fully saturated rings. The van der Waals surface area contributed by atoms with Gasteiger partial charge in [-0.1, -0.05) is 0 Å². The fourth-order valence-electron chi connectivity index (χ4n) is 2.13. The molecule has 1 aliphatic rings. The smallest absolute Gasteiger partial charge is 0.326 e. The third-order valence-corrected chi connectivity index (χ3v) is 3.58. The van der Waals surface area contributed by atoms with Crippen LogP contribution in [0.25, 0.3) is 0 Å². The molecular weight excluding hydrogens is 322 g/mol. The number of hydrogen-bond acceptors (Lipinski definition) is 6. The van der Waals surface area contributed by atoms with Gasteiger partial charge in [-0.3, -0.25) is 25.0 Å². The zero-order chi connectivity index (χ0) is 18.1. The van der Waals surface area contributed by atoms with Crippen LogP contribution in [0.15, 0.2) is 11.8 Å². The van der Waals surface area contributed by atoms with Crippen LogP contribution >= 0.6 is 0 Å². The van der Waals surface area contributed by atoms with E-state index in [4.69, 9.17) is 9.84 Å². The zero-order valence-corrected chi connectivity index (χ0v) is 13.3. The van der Waals surface area contributed by atoms with E-state index < -0.39 is 34.8 Å². The number of imide groups is 1. The highest BCUT2D eigenvalue weighted by Gasteiger charge is 2.29. The van der Waals surface area contributed by atoms with Crippen molar-refractivity contribution in [1.29, 1.82) is 0 Å². The van der Waals surface area contributed by atoms with Crippen LogP contribution in [-0.4, -0.2) is 47.2 Å². The summed E-state index contributed by atoms with van der Waals surface area (Å²) >= 11 is 0. The van der Waals surface area contributed by atoms with Crippen molar-refractivity contribution in [3.8, 4) is 0 Å². The molecule has 0 bridgehead atoms. The third kappa shape index (κ3) is 6.73. The lowest BCUT2D eigenvalue weighted by Crippen LogP contribution is -2.27. The number of urea groups is 1. The Morgan fingerprint density at radius 3 is 2.58 bits per heavy atom. The van der Waals surface area contributed by atoms with E-state index in [0.29, 0.717) is 25.9 Å². The van der Waals surface area contributed by atoms with Gasteiger partial charge in [-0.25, -0.2) is 4.79 Å². The van der Waals surface area contributed by atoms with E-state index in [1.807, 2.05) is 5.32 Å². The number of nitrogens with zero attached hydrogens (tertiary/aromatic N) is 1. The highest BCUT2D eigenvalue weighted by atomic mass is 16.6. The summed E-state index contributed by atoms with van der Waals surface area (Å²) in [6.45, 7) is 2.01. The number of nitro groups is 1. The summed E-state index contributed by atoms with van der Waals surface area (Å²) in [6, 6.07) is -1.60. The quantitative estimate of drug-likeness (QED) is 0.164. The fraction of sp³-hybridized carbons (Fsp3) is 0.643. The highest BCUT2D eigenvalue weighted by Crippen LogP contribution is 2.17. The first kappa shape index (κ1) is 19.6. The lowest BCUT2D eigenvalue weighted by Gasteiger charge is -2.15. The number of ether oxygens (including phenoxy) is 1. The topological polar surface area (TPSA) is 148 Å². The molecule has 0 radical (unpaired) electrons. The van der Waals surface area contributed by atoms with Crippen LogP contribution in [0, 0.1) is 16.0 Å². The lowest BCUT2D eigenvalue weighted by atomic mass is 9.97. The summed E-state index contributed by atoms with van der Waals surface area (Å²) in [7, 11) is 0. The number of hydrogen-bond donors (Lipinski definition) is 3. The number of aliphatic carboxylic acids is 1. The van der Waals surface area contributed by atoms with Crippen LogP contribution in [0.5, 0.6) is 0 Å². The molecule has 2 atom stereocenters. The van der Waals surface area contributed by atoms with Crippen LogP contribution in [0.2, 0.25) is 0 Å². The molecule has 0 aromatic carbocycles. The predicted molar refractivity (Wildman–Crippen MR) is 81.6 cm³/mol. The van der Waals surface area contributed by atoms with Gasteiger partial charge in [0.05, 0.1) is 0 Å². The van der Waals surface area contributed by atoms with Gasteiger partial charge in [0.15, 0.2) is 0 Å². The van der Waals surface area contributed by atoms with Gasteiger partial charge in [0.2, 0.25) is 6.04 Å². The second-order valence-electron chi connectivity index (χ2n) is 5.43. The first-order valence-corrected chi connectivity index (χ1v) is 7.58. The Labute approximate surface area is 138 Å². The van der Waals surface area contributed by atoms with Crippen molar-refractivity contribution in [3.63, 3.8) is 0 Å². The number of carboxylic acid groups (broad SMARTS) is 1. The Morgan fingerprint density at radius 1 is 1.33 bits per heavy atom. The Morgan fingerprint density at radius 2 is 2.04 bits per heavy atom. The van der Waals surface area contributed by atoms with Crippen molar-refractivity contribution in [3.05, 3.63) is 21.9 Å². The Hall–Kier alpha value is -2.49. The molecule has 0 aromatic rings. The molecule has 1 saturated heterocycles. The van der Waals surface area contributed by atoms with Gasteiger partial charge < -0.3 is 15.2 Å². The van der Waals surface area contributed by atoms with Crippen LogP contribution in [0.3, 0.4) is 0 Å². The van der Waals surface area contributed by atoms with Gasteiger partial charge in [-0.15, -0.1) is 0 Å². The Bertz CT molecular complexity index is 532. The maximum absolute atomic E-state index is 11.5. The van der Waals surface area contributed by atoms with Crippen LogP contribution in [-0.2, 0) is 14.3 Å². The maximum Gasteiger partial charge on any atom is 0.326 e. The summed E-state index contributed by atoms with van der Waals surface area (Å²) in [5, 5.41) is 23.8. The molecule has 3 amide bonds. The molecule has 24 heavy (non-hydrogen) atoms. The standard InChI is InChI=1S/C14H21N3O7/c1-9(17(22)23)10(8-11-13(20)16-14(21)15-11)5-7-24-6-3-2-4-12(18)19/h8-10H,2-7H2,1H3,(H,18,19)(H2,15,16,20,21)/b11-8+. The van der Waals surface area contributed by atoms with Crippen LogP contribution in [0.1, 0.15) is 32.6 Å². The van der Waals surface area contributed by atoms with E-state index in [-0.39, 0.29) is 18.7 Å². The third-order valence-electron chi connectivity index (χ3n) is 3.58. The lowest BCUT2D eigenvalue weighted by molar-refractivity contribution is -0.525. The summed E-state index contributed by atoms with van der Waals surface area (Å²) in [4.78, 5) is 43.5. The molecule has 1 rings (SSSR count). The van der Waals surface area contributed by atoms with Gasteiger partial charge in [-0.2, -0.15) is 0 Å². The van der Waals surface area contributed by atoms with Crippen molar-refractivity contribution in [2.75, 3.05) is 13.2 Å². The van der Waals surface area contributed by atoms with Crippen molar-refractivity contribution in [2.45, 2.75) is 38.6 Å². The van der Waals surface area contributed by atoms with E-state index >= 15 is 0 Å². The average Bonchev–Trinajstić information content (AvgIpc) is 2.81. The van der Waals surface area contributed by atoms with Crippen molar-refractivity contribution in [2.24, 2.45) is 5.92 Å². The second kappa shape index (κ2) is 9.60. The van der Waals surface area contributed by atoms with Crippen molar-refractivity contribution in [1.82, 2.24) is 10.6 Å². The Balaban J connectivity index is 2.48. The summed E-state index contributed by atoms with van der Waals surface area (Å²) < 4.78 is 5.36. The number of rotatable bonds is 11. The fourth-order valence-corrected chi connectivity index (χ4v) is 2.13. The molecule has 0 spiro atoms. The molecule has 0 aromatic heterocycles. The Kier molecular flexibility index (Phi) is 7.83. The molecule has 1 heterocycles. The summed E-state index contributed by atoms with van der Waals surface area (Å²) in [5.74, 6) is -2.06. The van der Waals surface area contributed by atoms with E-state index in [1.54, 1.807) is 0 Å². The van der Waals surface area contributed by atoms with E-state index in [0.717, 1.165) is 0 Å². The van der Waals surface area contributed by atoms with Crippen molar-refractivity contribution >= 4 is 17.9 Å². The van der Waals surface area contributed by atoms with Crippen molar-refractivity contribution < 1.29 is 29.2 Å². The number of unbranched alkanes of at least 4 members (excludes halogenated alkanes) is 1. The zero-order valence-electron chi connectivity index (χ0n) is 13.3. The largest absolute Gasteiger partial charge is 0.481 e. The highest BCUT2D eigenvalue weighted by molar-refractivity contribution is 6.11. The minimum absolute atomic E-state index is 0.000146. The van der Waals surface area contributed by atoms with Crippen LogP contribution < -0.4 is 10.6 Å². The molecule has 134 valence electrons. The molecule has 2 unspecified atom stereocenters. The van der Waals surface area contributed by atoms with E-state index in [2.05, 4.69) is 5.32 Å². The molecule has 1 aliphatic heterocycles.